The molecule has 1 aliphatic heterocycles. The zero-order valence-electron chi connectivity index (χ0n) is 10.9. The van der Waals surface area contributed by atoms with Crippen LogP contribution in [0.15, 0.2) is 21.5 Å². The van der Waals surface area contributed by atoms with E-state index in [4.69, 9.17) is 17.3 Å². The second-order valence-electron chi connectivity index (χ2n) is 4.69. The number of rotatable bonds is 3. The molecule has 1 saturated heterocycles. The molecule has 0 bridgehead atoms. The summed E-state index contributed by atoms with van der Waals surface area (Å²) in [5, 5.41) is 1.96. The molecule has 2 rings (SSSR count). The summed E-state index contributed by atoms with van der Waals surface area (Å²) in [6.45, 7) is 2.87. The molecule has 1 fully saturated rings. The number of hydrogen-bond donors (Lipinski definition) is 2. The number of likely N-dealkylation sites (N-methyl/N-ethyl adjacent to an activating group) is 1. The lowest BCUT2D eigenvalue weighted by Gasteiger charge is -2.32. The Balaban J connectivity index is 2.23. The number of hydrogen-bond acceptors (Lipinski definition) is 5. The van der Waals surface area contributed by atoms with Gasteiger partial charge in [-0.05, 0) is 35.1 Å². The summed E-state index contributed by atoms with van der Waals surface area (Å²) in [6, 6.07) is 2.88. The first-order valence-corrected chi connectivity index (χ1v) is 8.65. The first-order chi connectivity index (χ1) is 9.29. The Morgan fingerprint density at radius 1 is 1.30 bits per heavy atom. The molecule has 112 valence electrons. The van der Waals surface area contributed by atoms with Crippen LogP contribution in [0.3, 0.4) is 0 Å². The molecule has 0 atom stereocenters. The number of nitrogen functional groups attached to an aromatic ring is 1. The van der Waals surface area contributed by atoms with E-state index in [0.29, 0.717) is 17.6 Å². The number of benzene rings is 1. The van der Waals surface area contributed by atoms with Crippen molar-refractivity contribution in [2.75, 3.05) is 39.0 Å². The van der Waals surface area contributed by atoms with Crippen LogP contribution >= 0.6 is 27.5 Å². The molecule has 20 heavy (non-hydrogen) atoms. The van der Waals surface area contributed by atoms with Crippen molar-refractivity contribution in [2.24, 2.45) is 0 Å². The van der Waals surface area contributed by atoms with Crippen molar-refractivity contribution in [3.63, 3.8) is 0 Å². The van der Waals surface area contributed by atoms with Crippen LogP contribution in [0.5, 0.6) is 0 Å². The lowest BCUT2D eigenvalue weighted by atomic mass is 10.3. The van der Waals surface area contributed by atoms with Gasteiger partial charge >= 0.3 is 0 Å². The zero-order chi connectivity index (χ0) is 14.9. The second kappa shape index (κ2) is 6.17. The van der Waals surface area contributed by atoms with E-state index in [2.05, 4.69) is 25.7 Å². The highest BCUT2D eigenvalue weighted by molar-refractivity contribution is 9.10. The van der Waals surface area contributed by atoms with Crippen molar-refractivity contribution >= 4 is 43.2 Å². The molecular formula is C11H16BrClN4O2S. The summed E-state index contributed by atoms with van der Waals surface area (Å²) in [5.74, 6) is 0. The van der Waals surface area contributed by atoms with E-state index >= 15 is 0 Å². The van der Waals surface area contributed by atoms with E-state index in [-0.39, 0.29) is 15.6 Å². The predicted octanol–water partition coefficient (Wildman–Crippen LogP) is 1.13. The standard InChI is InChI=1S/C11H16BrClN4O2S/c1-16-2-4-17(5-3-16)15-20(18,19)10-7-8(13)6-9(14)11(10)12/h6-7,15H,2-5,14H2,1H3. The van der Waals surface area contributed by atoms with E-state index < -0.39 is 10.0 Å². The summed E-state index contributed by atoms with van der Waals surface area (Å²) < 4.78 is 25.1. The van der Waals surface area contributed by atoms with Crippen LogP contribution in [0.25, 0.3) is 0 Å². The highest BCUT2D eigenvalue weighted by atomic mass is 79.9. The van der Waals surface area contributed by atoms with Gasteiger partial charge in [-0.3, -0.25) is 0 Å². The maximum Gasteiger partial charge on any atom is 0.254 e. The number of nitrogens with one attached hydrogen (secondary N) is 1. The van der Waals surface area contributed by atoms with Crippen molar-refractivity contribution in [2.45, 2.75) is 4.90 Å². The molecule has 0 aromatic heterocycles. The number of nitrogens with zero attached hydrogens (tertiary/aromatic N) is 2. The van der Waals surface area contributed by atoms with Crippen LogP contribution in [-0.2, 0) is 10.0 Å². The first-order valence-electron chi connectivity index (χ1n) is 6.00. The van der Waals surface area contributed by atoms with Gasteiger partial charge in [0, 0.05) is 36.9 Å². The molecule has 0 unspecified atom stereocenters. The monoisotopic (exact) mass is 382 g/mol. The second-order valence-corrected chi connectivity index (χ2v) is 7.55. The van der Waals surface area contributed by atoms with Gasteiger partial charge in [0.25, 0.3) is 10.0 Å². The molecular weight excluding hydrogens is 368 g/mol. The van der Waals surface area contributed by atoms with Gasteiger partial charge in [-0.2, -0.15) is 0 Å². The summed E-state index contributed by atoms with van der Waals surface area (Å²) >= 11 is 9.07. The first kappa shape index (κ1) is 16.0. The third-order valence-corrected chi connectivity index (χ3v) is 5.84. The van der Waals surface area contributed by atoms with Crippen LogP contribution < -0.4 is 10.6 Å². The van der Waals surface area contributed by atoms with Gasteiger partial charge in [-0.1, -0.05) is 11.6 Å². The van der Waals surface area contributed by atoms with Crippen molar-refractivity contribution in [3.05, 3.63) is 21.6 Å². The third-order valence-electron chi connectivity index (χ3n) is 3.07. The van der Waals surface area contributed by atoms with Crippen molar-refractivity contribution < 1.29 is 8.42 Å². The molecule has 0 amide bonds. The molecule has 9 heteroatoms. The molecule has 0 radical (unpaired) electrons. The topological polar surface area (TPSA) is 78.7 Å². The van der Waals surface area contributed by atoms with Gasteiger partial charge < -0.3 is 10.6 Å². The third kappa shape index (κ3) is 3.63. The van der Waals surface area contributed by atoms with Gasteiger partial charge in [0.05, 0.1) is 4.47 Å². The maximum atomic E-state index is 12.4. The Kier molecular flexibility index (Phi) is 4.93. The molecule has 1 aromatic carbocycles. The van der Waals surface area contributed by atoms with Crippen LogP contribution in [0.1, 0.15) is 0 Å². The van der Waals surface area contributed by atoms with Crippen LogP contribution in [0.4, 0.5) is 5.69 Å². The van der Waals surface area contributed by atoms with Crippen LogP contribution in [-0.4, -0.2) is 51.6 Å². The lowest BCUT2D eigenvalue weighted by molar-refractivity contribution is 0.135. The van der Waals surface area contributed by atoms with E-state index in [0.717, 1.165) is 13.1 Å². The summed E-state index contributed by atoms with van der Waals surface area (Å²) in [6.07, 6.45) is 0. The average molecular weight is 384 g/mol. The Morgan fingerprint density at radius 2 is 1.90 bits per heavy atom. The molecule has 0 spiro atoms. The Bertz CT molecular complexity index is 603. The highest BCUT2D eigenvalue weighted by Crippen LogP contribution is 2.31. The van der Waals surface area contributed by atoms with E-state index in [1.165, 1.54) is 12.1 Å². The molecule has 0 aliphatic carbocycles. The van der Waals surface area contributed by atoms with Gasteiger partial charge in [-0.15, -0.1) is 4.83 Å². The number of piperazine rings is 1. The normalized spacial score (nSPS) is 18.4. The summed E-state index contributed by atoms with van der Waals surface area (Å²) in [7, 11) is -1.71. The fraction of sp³-hybridized carbons (Fsp3) is 0.455. The number of sulfonamides is 1. The fourth-order valence-electron chi connectivity index (χ4n) is 1.90. The van der Waals surface area contributed by atoms with Crippen molar-refractivity contribution in [1.29, 1.82) is 0 Å². The van der Waals surface area contributed by atoms with Crippen molar-refractivity contribution in [3.8, 4) is 0 Å². The van der Waals surface area contributed by atoms with Gasteiger partial charge in [-0.25, -0.2) is 13.4 Å². The van der Waals surface area contributed by atoms with Gasteiger partial charge in [0.2, 0.25) is 0 Å². The SMILES string of the molecule is CN1CCN(NS(=O)(=O)c2cc(Cl)cc(N)c2Br)CC1. The fourth-order valence-corrected chi connectivity index (χ4v) is 4.31. The molecule has 3 N–H and O–H groups in total. The quantitative estimate of drug-likeness (QED) is 0.765. The van der Waals surface area contributed by atoms with E-state index in [1.807, 2.05) is 7.05 Å². The molecule has 1 aromatic rings. The predicted molar refractivity (Wildman–Crippen MR) is 83.0 cm³/mol. The number of anilines is 1. The minimum absolute atomic E-state index is 0.0430. The Hall–Kier alpha value is -0.380. The minimum Gasteiger partial charge on any atom is -0.398 e. The number of halogens is 2. The number of nitrogens with two attached hydrogens (primary N) is 1. The molecule has 6 nitrogen and oxygen atoms in total. The number of hydrazine groups is 1. The average Bonchev–Trinajstić information content (AvgIpc) is 2.36. The highest BCUT2D eigenvalue weighted by Gasteiger charge is 2.24. The zero-order valence-corrected chi connectivity index (χ0v) is 14.1. The Morgan fingerprint density at radius 3 is 2.50 bits per heavy atom. The Labute approximate surface area is 132 Å². The largest absolute Gasteiger partial charge is 0.398 e. The lowest BCUT2D eigenvalue weighted by Crippen LogP contribution is -2.52. The van der Waals surface area contributed by atoms with Crippen molar-refractivity contribution in [1.82, 2.24) is 14.7 Å². The van der Waals surface area contributed by atoms with E-state index in [1.54, 1.807) is 5.01 Å². The molecule has 0 saturated carbocycles. The van der Waals surface area contributed by atoms with Crippen LogP contribution in [0, 0.1) is 0 Å². The van der Waals surface area contributed by atoms with E-state index in [9.17, 15) is 8.42 Å². The molecule has 1 aliphatic rings. The maximum absolute atomic E-state index is 12.4. The minimum atomic E-state index is -3.71. The smallest absolute Gasteiger partial charge is 0.254 e. The summed E-state index contributed by atoms with van der Waals surface area (Å²) in [4.78, 5) is 4.74. The van der Waals surface area contributed by atoms with Crippen LogP contribution in [0.2, 0.25) is 5.02 Å². The van der Waals surface area contributed by atoms with Gasteiger partial charge in [0.15, 0.2) is 0 Å². The molecule has 1 heterocycles. The van der Waals surface area contributed by atoms with Gasteiger partial charge in [0.1, 0.15) is 4.90 Å². The summed E-state index contributed by atoms with van der Waals surface area (Å²) in [5.41, 5.74) is 6.01.